The van der Waals surface area contributed by atoms with Gasteiger partial charge in [-0.15, -0.1) is 0 Å². The summed E-state index contributed by atoms with van der Waals surface area (Å²) in [5.41, 5.74) is 5.03. The van der Waals surface area contributed by atoms with Gasteiger partial charge in [-0.2, -0.15) is 5.26 Å². The summed E-state index contributed by atoms with van der Waals surface area (Å²) in [6, 6.07) is 2.62. The van der Waals surface area contributed by atoms with Crippen molar-refractivity contribution in [3.05, 3.63) is 23.0 Å². The molecule has 0 atom stereocenters. The topological polar surface area (TPSA) is 90.3 Å². The van der Waals surface area contributed by atoms with E-state index in [-0.39, 0.29) is 17.7 Å². The minimum absolute atomic E-state index is 0.0757. The van der Waals surface area contributed by atoms with Crippen molar-refractivity contribution in [3.8, 4) is 17.6 Å². The molecular weight excluding hydrogens is 175 g/mol. The highest BCUT2D eigenvalue weighted by molar-refractivity contribution is 5.51. The SMILES string of the molecule is N#Cc1c(CN)cc(O)c(O)c1F. The minimum Gasteiger partial charge on any atom is -0.504 e. The lowest BCUT2D eigenvalue weighted by atomic mass is 10.1. The van der Waals surface area contributed by atoms with Crippen molar-refractivity contribution in [1.29, 1.82) is 5.26 Å². The Balaban J connectivity index is 3.50. The number of nitrogens with zero attached hydrogens (tertiary/aromatic N) is 1. The summed E-state index contributed by atoms with van der Waals surface area (Å²) in [5.74, 6) is -2.67. The zero-order valence-corrected chi connectivity index (χ0v) is 6.58. The second-order valence-corrected chi connectivity index (χ2v) is 2.41. The minimum atomic E-state index is -1.14. The second kappa shape index (κ2) is 3.29. The fourth-order valence-electron chi connectivity index (χ4n) is 0.959. The number of hydrogen-bond donors (Lipinski definition) is 3. The lowest BCUT2D eigenvalue weighted by molar-refractivity contribution is 0.377. The summed E-state index contributed by atoms with van der Waals surface area (Å²) in [7, 11) is 0. The summed E-state index contributed by atoms with van der Waals surface area (Å²) in [6.07, 6.45) is 0. The average Bonchev–Trinajstić information content (AvgIpc) is 2.13. The van der Waals surface area contributed by atoms with E-state index in [9.17, 15) is 4.39 Å². The Bertz CT molecular complexity index is 385. The molecule has 0 radical (unpaired) electrons. The van der Waals surface area contributed by atoms with Crippen LogP contribution in [0.5, 0.6) is 11.5 Å². The van der Waals surface area contributed by atoms with Crippen molar-refractivity contribution >= 4 is 0 Å². The molecule has 0 unspecified atom stereocenters. The van der Waals surface area contributed by atoms with Crippen LogP contribution >= 0.6 is 0 Å². The van der Waals surface area contributed by atoms with Crippen LogP contribution in [-0.4, -0.2) is 10.2 Å². The van der Waals surface area contributed by atoms with E-state index in [0.717, 1.165) is 6.07 Å². The molecule has 5 heteroatoms. The van der Waals surface area contributed by atoms with Crippen LogP contribution < -0.4 is 5.73 Å². The molecule has 0 saturated carbocycles. The van der Waals surface area contributed by atoms with Crippen molar-refractivity contribution < 1.29 is 14.6 Å². The Morgan fingerprint density at radius 3 is 2.62 bits per heavy atom. The molecule has 13 heavy (non-hydrogen) atoms. The van der Waals surface area contributed by atoms with E-state index in [0.29, 0.717) is 0 Å². The van der Waals surface area contributed by atoms with Gasteiger partial charge in [0.05, 0.1) is 5.56 Å². The number of nitrogens with two attached hydrogens (primary N) is 1. The van der Waals surface area contributed by atoms with Crippen LogP contribution in [0.15, 0.2) is 6.07 Å². The van der Waals surface area contributed by atoms with E-state index >= 15 is 0 Å². The maximum Gasteiger partial charge on any atom is 0.195 e. The lowest BCUT2D eigenvalue weighted by Gasteiger charge is -2.05. The Morgan fingerprint density at radius 2 is 2.15 bits per heavy atom. The Kier molecular flexibility index (Phi) is 2.35. The molecule has 68 valence electrons. The third-order valence-corrected chi connectivity index (χ3v) is 1.63. The average molecular weight is 182 g/mol. The Labute approximate surface area is 73.6 Å². The van der Waals surface area contributed by atoms with E-state index in [4.69, 9.17) is 21.2 Å². The van der Waals surface area contributed by atoms with E-state index in [1.807, 2.05) is 0 Å². The van der Waals surface area contributed by atoms with Gasteiger partial charge in [0, 0.05) is 6.54 Å². The number of nitriles is 1. The van der Waals surface area contributed by atoms with Crippen LogP contribution in [0.4, 0.5) is 4.39 Å². The predicted molar refractivity (Wildman–Crippen MR) is 42.3 cm³/mol. The number of phenols is 2. The fraction of sp³-hybridized carbons (Fsp3) is 0.125. The first-order valence-corrected chi connectivity index (χ1v) is 3.45. The fourth-order valence-corrected chi connectivity index (χ4v) is 0.959. The number of rotatable bonds is 1. The van der Waals surface area contributed by atoms with Crippen LogP contribution in [0, 0.1) is 17.1 Å². The van der Waals surface area contributed by atoms with Crippen molar-refractivity contribution in [2.24, 2.45) is 5.73 Å². The molecule has 0 amide bonds. The molecule has 1 aromatic carbocycles. The van der Waals surface area contributed by atoms with Crippen molar-refractivity contribution in [3.63, 3.8) is 0 Å². The first-order chi connectivity index (χ1) is 6.11. The zero-order valence-electron chi connectivity index (χ0n) is 6.58. The summed E-state index contributed by atoms with van der Waals surface area (Å²) >= 11 is 0. The third kappa shape index (κ3) is 1.39. The van der Waals surface area contributed by atoms with Crippen LogP contribution in [0.25, 0.3) is 0 Å². The maximum absolute atomic E-state index is 13.0. The highest BCUT2D eigenvalue weighted by Crippen LogP contribution is 2.31. The summed E-state index contributed by atoms with van der Waals surface area (Å²) in [4.78, 5) is 0. The molecule has 0 aliphatic rings. The number of hydrogen-bond acceptors (Lipinski definition) is 4. The van der Waals surface area contributed by atoms with Crippen molar-refractivity contribution in [1.82, 2.24) is 0 Å². The van der Waals surface area contributed by atoms with Gasteiger partial charge in [0.1, 0.15) is 6.07 Å². The Hall–Kier alpha value is -1.80. The number of benzene rings is 1. The first-order valence-electron chi connectivity index (χ1n) is 3.45. The molecular formula is C8H7FN2O2. The molecule has 1 aromatic rings. The normalized spacial score (nSPS) is 9.62. The molecule has 4 nitrogen and oxygen atoms in total. The quantitative estimate of drug-likeness (QED) is 0.553. The van der Waals surface area contributed by atoms with Gasteiger partial charge >= 0.3 is 0 Å². The van der Waals surface area contributed by atoms with Crippen LogP contribution in [0.2, 0.25) is 0 Å². The van der Waals surface area contributed by atoms with Crippen LogP contribution in [-0.2, 0) is 6.54 Å². The van der Waals surface area contributed by atoms with Crippen molar-refractivity contribution in [2.45, 2.75) is 6.54 Å². The smallest absolute Gasteiger partial charge is 0.195 e. The summed E-state index contributed by atoms with van der Waals surface area (Å²) < 4.78 is 13.0. The zero-order chi connectivity index (χ0) is 10.0. The molecule has 0 aliphatic carbocycles. The van der Waals surface area contributed by atoms with Crippen molar-refractivity contribution in [2.75, 3.05) is 0 Å². The predicted octanol–water partition coefficient (Wildman–Crippen LogP) is 0.567. The molecule has 0 aromatic heterocycles. The molecule has 1 rings (SSSR count). The molecule has 4 N–H and O–H groups in total. The van der Waals surface area contributed by atoms with E-state index in [1.165, 1.54) is 0 Å². The number of halogens is 1. The van der Waals surface area contributed by atoms with Gasteiger partial charge in [-0.3, -0.25) is 0 Å². The van der Waals surface area contributed by atoms with E-state index in [2.05, 4.69) is 0 Å². The lowest BCUT2D eigenvalue weighted by Crippen LogP contribution is -2.01. The molecule has 0 saturated heterocycles. The number of phenolic OH excluding ortho intramolecular Hbond substituents is 2. The molecule has 0 spiro atoms. The largest absolute Gasteiger partial charge is 0.504 e. The number of aromatic hydroxyl groups is 2. The van der Waals surface area contributed by atoms with Gasteiger partial charge in [-0.1, -0.05) is 0 Å². The van der Waals surface area contributed by atoms with Gasteiger partial charge in [0.15, 0.2) is 17.3 Å². The van der Waals surface area contributed by atoms with E-state index in [1.54, 1.807) is 6.07 Å². The molecule has 0 bridgehead atoms. The van der Waals surface area contributed by atoms with Crippen LogP contribution in [0.1, 0.15) is 11.1 Å². The molecule has 0 heterocycles. The second-order valence-electron chi connectivity index (χ2n) is 2.41. The van der Waals surface area contributed by atoms with Gasteiger partial charge in [0.25, 0.3) is 0 Å². The first kappa shape index (κ1) is 9.29. The summed E-state index contributed by atoms with van der Waals surface area (Å²) in [5, 5.41) is 26.4. The van der Waals surface area contributed by atoms with Gasteiger partial charge in [-0.25, -0.2) is 4.39 Å². The van der Waals surface area contributed by atoms with Gasteiger partial charge in [-0.05, 0) is 11.6 Å². The maximum atomic E-state index is 13.0. The highest BCUT2D eigenvalue weighted by Gasteiger charge is 2.16. The Morgan fingerprint density at radius 1 is 1.54 bits per heavy atom. The summed E-state index contributed by atoms with van der Waals surface area (Å²) in [6.45, 7) is -0.0757. The van der Waals surface area contributed by atoms with Crippen LogP contribution in [0.3, 0.4) is 0 Å². The standard InChI is InChI=1S/C8H7FN2O2/c9-7-5(3-11)4(2-10)1-6(12)8(7)13/h1,12-13H,2,10H2. The molecule has 0 fully saturated rings. The molecule has 0 aliphatic heterocycles. The monoisotopic (exact) mass is 182 g/mol. The third-order valence-electron chi connectivity index (χ3n) is 1.63. The van der Waals surface area contributed by atoms with E-state index < -0.39 is 17.3 Å². The van der Waals surface area contributed by atoms with Gasteiger partial charge in [0.2, 0.25) is 0 Å². The highest BCUT2D eigenvalue weighted by atomic mass is 19.1. The van der Waals surface area contributed by atoms with Gasteiger partial charge < -0.3 is 15.9 Å².